The molecule has 1 aliphatic rings. The van der Waals surface area contributed by atoms with E-state index in [9.17, 15) is 27.9 Å². The first-order valence-corrected chi connectivity index (χ1v) is 9.32. The summed E-state index contributed by atoms with van der Waals surface area (Å²) in [5.74, 6) is -2.15. The normalized spacial score (nSPS) is 15.6. The van der Waals surface area contributed by atoms with E-state index in [2.05, 4.69) is 23.9 Å². The lowest BCUT2D eigenvalue weighted by molar-refractivity contribution is -0.274. The van der Waals surface area contributed by atoms with Crippen molar-refractivity contribution < 1.29 is 32.6 Å². The van der Waals surface area contributed by atoms with Gasteiger partial charge in [0.15, 0.2) is 0 Å². The molecule has 28 heavy (non-hydrogen) atoms. The van der Waals surface area contributed by atoms with Crippen LogP contribution < -0.4 is 10.1 Å². The van der Waals surface area contributed by atoms with Crippen molar-refractivity contribution in [3.63, 3.8) is 0 Å². The molecule has 0 fully saturated rings. The van der Waals surface area contributed by atoms with Gasteiger partial charge in [0.05, 0.1) is 5.56 Å². The van der Waals surface area contributed by atoms with Gasteiger partial charge in [-0.15, -0.1) is 24.5 Å². The molecule has 0 saturated heterocycles. The molecule has 1 aromatic carbocycles. The fourth-order valence-corrected chi connectivity index (χ4v) is 4.70. The first-order chi connectivity index (χ1) is 13.0. The van der Waals surface area contributed by atoms with E-state index in [-0.39, 0.29) is 21.5 Å². The number of amides is 1. The number of hydrogen-bond acceptors (Lipinski definition) is 4. The Morgan fingerprint density at radius 3 is 2.43 bits per heavy atom. The lowest BCUT2D eigenvalue weighted by atomic mass is 9.77. The largest absolute Gasteiger partial charge is 0.573 e. The van der Waals surface area contributed by atoms with Crippen LogP contribution in [0.15, 0.2) is 24.3 Å². The summed E-state index contributed by atoms with van der Waals surface area (Å²) in [6.07, 6.45) is -2.61. The SMILES string of the molecule is CC1(C)CCc2c(sc(NC(=O)c3ccc(OC(F)(F)F)cc3)c2C(=O)O)C1. The molecule has 1 aromatic heterocycles. The van der Waals surface area contributed by atoms with Crippen LogP contribution >= 0.6 is 11.3 Å². The third-order valence-corrected chi connectivity index (χ3v) is 5.72. The molecule has 0 saturated carbocycles. The van der Waals surface area contributed by atoms with Gasteiger partial charge < -0.3 is 15.2 Å². The van der Waals surface area contributed by atoms with Crippen LogP contribution in [0.3, 0.4) is 0 Å². The summed E-state index contributed by atoms with van der Waals surface area (Å²) in [6.45, 7) is 4.22. The zero-order valence-electron chi connectivity index (χ0n) is 15.1. The topological polar surface area (TPSA) is 75.6 Å². The zero-order valence-corrected chi connectivity index (χ0v) is 16.0. The van der Waals surface area contributed by atoms with Gasteiger partial charge in [0, 0.05) is 10.4 Å². The lowest BCUT2D eigenvalue weighted by Gasteiger charge is -2.29. The minimum absolute atomic E-state index is 0.0587. The lowest BCUT2D eigenvalue weighted by Crippen LogP contribution is -2.22. The van der Waals surface area contributed by atoms with Gasteiger partial charge in [0.2, 0.25) is 0 Å². The molecule has 150 valence electrons. The van der Waals surface area contributed by atoms with Crippen LogP contribution in [0.1, 0.15) is 51.4 Å². The maximum atomic E-state index is 12.5. The molecule has 0 unspecified atom stereocenters. The second kappa shape index (κ2) is 7.12. The number of thiophene rings is 1. The summed E-state index contributed by atoms with van der Waals surface area (Å²) in [7, 11) is 0. The number of carbonyl (C=O) groups is 2. The molecule has 1 heterocycles. The van der Waals surface area contributed by atoms with E-state index in [1.807, 2.05) is 0 Å². The Bertz CT molecular complexity index is 916. The molecule has 0 radical (unpaired) electrons. The van der Waals surface area contributed by atoms with Crippen LogP contribution in [0.4, 0.5) is 18.2 Å². The van der Waals surface area contributed by atoms with E-state index in [1.54, 1.807) is 0 Å². The quantitative estimate of drug-likeness (QED) is 0.730. The Morgan fingerprint density at radius 2 is 1.86 bits per heavy atom. The highest BCUT2D eigenvalue weighted by Gasteiger charge is 2.33. The van der Waals surface area contributed by atoms with Crippen LogP contribution in [0.25, 0.3) is 0 Å². The van der Waals surface area contributed by atoms with E-state index in [0.29, 0.717) is 6.42 Å². The molecular formula is C19H18F3NO4S. The molecule has 5 nitrogen and oxygen atoms in total. The van der Waals surface area contributed by atoms with E-state index in [1.165, 1.54) is 23.5 Å². The molecule has 0 bridgehead atoms. The Morgan fingerprint density at radius 1 is 1.21 bits per heavy atom. The van der Waals surface area contributed by atoms with Crippen molar-refractivity contribution in [2.75, 3.05) is 5.32 Å². The fraction of sp³-hybridized carbons (Fsp3) is 0.368. The molecule has 2 N–H and O–H groups in total. The van der Waals surface area contributed by atoms with Gasteiger partial charge in [-0.3, -0.25) is 4.79 Å². The van der Waals surface area contributed by atoms with Crippen LogP contribution in [0.2, 0.25) is 0 Å². The number of aromatic carboxylic acids is 1. The number of anilines is 1. The summed E-state index contributed by atoms with van der Waals surface area (Å²) in [6, 6.07) is 4.44. The molecule has 2 aromatic rings. The number of alkyl halides is 3. The van der Waals surface area contributed by atoms with Gasteiger partial charge in [-0.25, -0.2) is 4.79 Å². The highest BCUT2D eigenvalue weighted by Crippen LogP contribution is 2.43. The van der Waals surface area contributed by atoms with Gasteiger partial charge in [0.1, 0.15) is 10.8 Å². The third kappa shape index (κ3) is 4.46. The molecule has 1 amide bonds. The number of halogens is 3. The average molecular weight is 413 g/mol. The number of carboxylic acid groups (broad SMARTS) is 1. The number of rotatable bonds is 4. The number of carboxylic acids is 1. The highest BCUT2D eigenvalue weighted by molar-refractivity contribution is 7.17. The van der Waals surface area contributed by atoms with E-state index < -0.39 is 24.0 Å². The van der Waals surface area contributed by atoms with Crippen molar-refractivity contribution in [2.24, 2.45) is 5.41 Å². The Hall–Kier alpha value is -2.55. The van der Waals surface area contributed by atoms with Crippen molar-refractivity contribution in [1.29, 1.82) is 0 Å². The third-order valence-electron chi connectivity index (χ3n) is 4.57. The number of fused-ring (bicyclic) bond motifs is 1. The Kier molecular flexibility index (Phi) is 5.14. The Balaban J connectivity index is 1.83. The minimum atomic E-state index is -4.82. The number of carbonyl (C=O) groups excluding carboxylic acids is 1. The Labute approximate surface area is 163 Å². The number of ether oxygens (including phenoxy) is 1. The fourth-order valence-electron chi connectivity index (χ4n) is 3.20. The number of nitrogens with one attached hydrogen (secondary N) is 1. The van der Waals surface area contributed by atoms with E-state index in [0.717, 1.165) is 35.4 Å². The monoisotopic (exact) mass is 413 g/mol. The summed E-state index contributed by atoms with van der Waals surface area (Å²) in [5.41, 5.74) is 1.00. The molecule has 1 aliphatic carbocycles. The molecule has 0 aliphatic heterocycles. The van der Waals surface area contributed by atoms with Gasteiger partial charge in [-0.2, -0.15) is 0 Å². The zero-order chi connectivity index (χ0) is 20.7. The van der Waals surface area contributed by atoms with Gasteiger partial charge in [0.25, 0.3) is 5.91 Å². The summed E-state index contributed by atoms with van der Waals surface area (Å²) in [4.78, 5) is 25.2. The maximum Gasteiger partial charge on any atom is 0.573 e. The summed E-state index contributed by atoms with van der Waals surface area (Å²) < 4.78 is 40.4. The van der Waals surface area contributed by atoms with Gasteiger partial charge >= 0.3 is 12.3 Å². The average Bonchev–Trinajstić information content (AvgIpc) is 2.89. The molecule has 0 spiro atoms. The standard InChI is InChI=1S/C19H18F3NO4S/c1-18(2)8-7-12-13(9-18)28-16(14(12)17(25)26)23-15(24)10-3-5-11(6-4-10)27-19(20,21)22/h3-6H,7-9H2,1-2H3,(H,23,24)(H,25,26). The molecule has 9 heteroatoms. The van der Waals surface area contributed by atoms with E-state index in [4.69, 9.17) is 0 Å². The van der Waals surface area contributed by atoms with Crippen molar-refractivity contribution in [2.45, 2.75) is 39.5 Å². The maximum absolute atomic E-state index is 12.5. The van der Waals surface area contributed by atoms with Crippen LogP contribution in [0.5, 0.6) is 5.75 Å². The smallest absolute Gasteiger partial charge is 0.478 e. The molecule has 0 atom stereocenters. The first kappa shape index (κ1) is 20.2. The number of hydrogen-bond donors (Lipinski definition) is 2. The van der Waals surface area contributed by atoms with Crippen LogP contribution in [-0.2, 0) is 12.8 Å². The van der Waals surface area contributed by atoms with Crippen molar-refractivity contribution in [3.8, 4) is 5.75 Å². The number of benzene rings is 1. The van der Waals surface area contributed by atoms with E-state index >= 15 is 0 Å². The summed E-state index contributed by atoms with van der Waals surface area (Å²) >= 11 is 1.24. The van der Waals surface area contributed by atoms with Crippen molar-refractivity contribution >= 4 is 28.2 Å². The van der Waals surface area contributed by atoms with Crippen LogP contribution in [0, 0.1) is 5.41 Å². The predicted molar refractivity (Wildman–Crippen MR) is 98.2 cm³/mol. The highest BCUT2D eigenvalue weighted by atomic mass is 32.1. The van der Waals surface area contributed by atoms with Crippen molar-refractivity contribution in [3.05, 3.63) is 45.8 Å². The second-order valence-electron chi connectivity index (χ2n) is 7.38. The second-order valence-corrected chi connectivity index (χ2v) is 8.49. The predicted octanol–water partition coefficient (Wildman–Crippen LogP) is 5.11. The minimum Gasteiger partial charge on any atom is -0.478 e. The van der Waals surface area contributed by atoms with Crippen molar-refractivity contribution in [1.82, 2.24) is 0 Å². The summed E-state index contributed by atoms with van der Waals surface area (Å²) in [5, 5.41) is 12.4. The van der Waals surface area contributed by atoms with Gasteiger partial charge in [-0.1, -0.05) is 13.8 Å². The molecule has 3 rings (SSSR count). The molecular weight excluding hydrogens is 395 g/mol. The van der Waals surface area contributed by atoms with Gasteiger partial charge in [-0.05, 0) is 54.5 Å². The van der Waals surface area contributed by atoms with Crippen LogP contribution in [-0.4, -0.2) is 23.3 Å². The first-order valence-electron chi connectivity index (χ1n) is 8.50.